The molecule has 0 heterocycles. The highest BCUT2D eigenvalue weighted by atomic mass is 16.5. The van der Waals surface area contributed by atoms with Gasteiger partial charge in [0.05, 0.1) is 6.10 Å². The largest absolute Gasteiger partial charge is 0.458 e. The van der Waals surface area contributed by atoms with Gasteiger partial charge in [-0.15, -0.1) is 0 Å². The van der Waals surface area contributed by atoms with Crippen LogP contribution in [0.5, 0.6) is 0 Å². The fourth-order valence-corrected chi connectivity index (χ4v) is 8.14. The molecule has 0 aromatic rings. The Hall–Kier alpha value is -1.79. The molecule has 200 valence electrons. The van der Waals surface area contributed by atoms with Crippen molar-refractivity contribution in [3.63, 3.8) is 0 Å². The van der Waals surface area contributed by atoms with Gasteiger partial charge >= 0.3 is 5.97 Å². The van der Waals surface area contributed by atoms with E-state index in [1.165, 1.54) is 0 Å². The van der Waals surface area contributed by atoms with Crippen molar-refractivity contribution in [1.82, 2.24) is 0 Å². The highest BCUT2D eigenvalue weighted by Gasteiger charge is 2.64. The van der Waals surface area contributed by atoms with E-state index in [0.29, 0.717) is 32.3 Å². The van der Waals surface area contributed by atoms with Crippen LogP contribution in [0.25, 0.3) is 0 Å². The molecule has 6 heteroatoms. The molecule has 0 saturated heterocycles. The van der Waals surface area contributed by atoms with Gasteiger partial charge < -0.3 is 14.6 Å². The number of Topliss-reactive ketones (excluding diaryl/α,β-unsaturated/α-hetero) is 1. The Balaban J connectivity index is 1.58. The summed E-state index contributed by atoms with van der Waals surface area (Å²) in [5.74, 6) is -0.0508. The molecule has 0 spiro atoms. The average Bonchev–Trinajstić information content (AvgIpc) is 3.16. The summed E-state index contributed by atoms with van der Waals surface area (Å²) in [5, 5.41) is 11.6. The predicted octanol–water partition coefficient (Wildman–Crippen LogP) is 4.98. The number of unbranched alkanes of at least 4 members (excludes halogenated alkanes) is 2. The van der Waals surface area contributed by atoms with Crippen LogP contribution in [-0.4, -0.2) is 48.1 Å². The van der Waals surface area contributed by atoms with Crippen LogP contribution in [0.1, 0.15) is 85.5 Å². The van der Waals surface area contributed by atoms with Crippen LogP contribution in [0.4, 0.5) is 0 Å². The molecule has 0 amide bonds. The quantitative estimate of drug-likeness (QED) is 0.336. The second kappa shape index (κ2) is 10.9. The first-order valence-corrected chi connectivity index (χ1v) is 14.1. The van der Waals surface area contributed by atoms with Crippen LogP contribution in [0.2, 0.25) is 0 Å². The molecular formula is C30H44O6. The molecule has 0 bridgehead atoms. The first-order valence-electron chi connectivity index (χ1n) is 14.1. The highest BCUT2D eigenvalue weighted by Crippen LogP contribution is 2.66. The third kappa shape index (κ3) is 4.88. The van der Waals surface area contributed by atoms with E-state index in [9.17, 15) is 19.5 Å². The average molecular weight is 501 g/mol. The van der Waals surface area contributed by atoms with Crippen LogP contribution < -0.4 is 0 Å². The highest BCUT2D eigenvalue weighted by molar-refractivity contribution is 6.01. The monoisotopic (exact) mass is 500 g/mol. The van der Waals surface area contributed by atoms with E-state index in [-0.39, 0.29) is 53.2 Å². The lowest BCUT2D eigenvalue weighted by atomic mass is 9.46. The normalized spacial score (nSPS) is 39.1. The summed E-state index contributed by atoms with van der Waals surface area (Å²) in [5.41, 5.74) is -0.0533. The van der Waals surface area contributed by atoms with Crippen molar-refractivity contribution in [2.75, 3.05) is 13.2 Å². The van der Waals surface area contributed by atoms with Gasteiger partial charge in [-0.3, -0.25) is 14.4 Å². The molecule has 0 radical (unpaired) electrons. The minimum atomic E-state index is -0.603. The van der Waals surface area contributed by atoms with Crippen molar-refractivity contribution in [2.24, 2.45) is 34.5 Å². The van der Waals surface area contributed by atoms with E-state index in [4.69, 9.17) is 9.47 Å². The van der Waals surface area contributed by atoms with Gasteiger partial charge in [-0.05, 0) is 73.5 Å². The molecule has 0 aromatic heterocycles. The van der Waals surface area contributed by atoms with E-state index >= 15 is 0 Å². The molecule has 4 aliphatic rings. The zero-order valence-corrected chi connectivity index (χ0v) is 22.5. The molecule has 3 fully saturated rings. The number of carbonyl (C=O) groups excluding carboxylic acids is 3. The molecule has 8 atom stereocenters. The number of carbonyl (C=O) groups is 3. The van der Waals surface area contributed by atoms with Crippen molar-refractivity contribution in [3.05, 3.63) is 23.8 Å². The number of esters is 1. The van der Waals surface area contributed by atoms with Crippen LogP contribution in [-0.2, 0) is 23.9 Å². The standard InChI is InChI=1S/C30H44O6/c1-5-7-8-14-35-18-25(33)22-11-10-21-20-16-26(36-27(34)9-6-2)23-15-19(31)12-13-29(23,3)28(20)24(32)17-30(21,22)4/h12-13,15,20-22,24,26,28,32H,5-11,14,16-18H2,1-4H3/t20-,21-,22+,24?,26?,28+,29-,30-/m0/s1. The maximum Gasteiger partial charge on any atom is 0.306 e. The second-order valence-electron chi connectivity index (χ2n) is 12.0. The fraction of sp³-hybridized carbons (Fsp3) is 0.767. The number of hydrogen-bond acceptors (Lipinski definition) is 6. The van der Waals surface area contributed by atoms with Gasteiger partial charge in [0, 0.05) is 30.3 Å². The summed E-state index contributed by atoms with van der Waals surface area (Å²) in [4.78, 5) is 38.2. The van der Waals surface area contributed by atoms with Gasteiger partial charge in [-0.1, -0.05) is 46.6 Å². The Kier molecular flexibility index (Phi) is 8.25. The smallest absolute Gasteiger partial charge is 0.306 e. The Bertz CT molecular complexity index is 920. The number of allylic oxidation sites excluding steroid dienone is 3. The van der Waals surface area contributed by atoms with E-state index in [1.54, 1.807) is 12.2 Å². The number of ketones is 2. The SMILES string of the molecule is CCCCCOCC(=O)[C@H]1CC[C@H]2[C@@H]3CC(OC(=O)CCC)C4=CC(=O)C=C[C@]4(C)[C@H]3C(O)C[C@]12C. The maximum absolute atomic E-state index is 13.3. The lowest BCUT2D eigenvalue weighted by molar-refractivity contribution is -0.162. The van der Waals surface area contributed by atoms with Crippen LogP contribution >= 0.6 is 0 Å². The van der Waals surface area contributed by atoms with Gasteiger partial charge in [0.2, 0.25) is 0 Å². The summed E-state index contributed by atoms with van der Waals surface area (Å²) in [6, 6.07) is 0. The molecular weight excluding hydrogens is 456 g/mol. The Morgan fingerprint density at radius 3 is 2.64 bits per heavy atom. The maximum atomic E-state index is 13.3. The van der Waals surface area contributed by atoms with Crippen molar-refractivity contribution in [3.8, 4) is 0 Å². The Morgan fingerprint density at radius 1 is 1.14 bits per heavy atom. The van der Waals surface area contributed by atoms with Crippen LogP contribution in [0.3, 0.4) is 0 Å². The molecule has 0 aromatic carbocycles. The Labute approximate surface area is 215 Å². The van der Waals surface area contributed by atoms with Gasteiger partial charge in [-0.2, -0.15) is 0 Å². The third-order valence-electron chi connectivity index (χ3n) is 9.74. The second-order valence-corrected chi connectivity index (χ2v) is 12.0. The lowest BCUT2D eigenvalue weighted by Gasteiger charge is -2.59. The number of rotatable bonds is 10. The zero-order chi connectivity index (χ0) is 26.1. The molecule has 1 N–H and O–H groups in total. The number of aliphatic hydroxyl groups is 1. The van der Waals surface area contributed by atoms with E-state index in [1.807, 2.05) is 13.0 Å². The topological polar surface area (TPSA) is 89.9 Å². The van der Waals surface area contributed by atoms with E-state index in [2.05, 4.69) is 20.8 Å². The molecule has 0 aliphatic heterocycles. The predicted molar refractivity (Wildman–Crippen MR) is 137 cm³/mol. The lowest BCUT2D eigenvalue weighted by Crippen LogP contribution is -2.59. The third-order valence-corrected chi connectivity index (χ3v) is 9.74. The molecule has 2 unspecified atom stereocenters. The van der Waals surface area contributed by atoms with E-state index in [0.717, 1.165) is 37.7 Å². The summed E-state index contributed by atoms with van der Waals surface area (Å²) in [6.07, 6.45) is 11.2. The summed E-state index contributed by atoms with van der Waals surface area (Å²) in [6.45, 7) is 9.10. The number of hydrogen-bond donors (Lipinski definition) is 1. The molecule has 6 nitrogen and oxygen atoms in total. The number of ether oxygens (including phenoxy) is 2. The molecule has 36 heavy (non-hydrogen) atoms. The number of aliphatic hydroxyl groups excluding tert-OH is 1. The first kappa shape index (κ1) is 27.3. The first-order chi connectivity index (χ1) is 17.2. The fourth-order valence-electron chi connectivity index (χ4n) is 8.14. The summed E-state index contributed by atoms with van der Waals surface area (Å²) < 4.78 is 11.7. The van der Waals surface area contributed by atoms with E-state index < -0.39 is 17.6 Å². The minimum absolute atomic E-state index is 0.0774. The summed E-state index contributed by atoms with van der Waals surface area (Å²) >= 11 is 0. The van der Waals surface area contributed by atoms with Crippen molar-refractivity contribution in [1.29, 1.82) is 0 Å². The Morgan fingerprint density at radius 2 is 1.92 bits per heavy atom. The molecule has 4 aliphatic carbocycles. The van der Waals surface area contributed by atoms with Gasteiger partial charge in [0.1, 0.15) is 12.7 Å². The van der Waals surface area contributed by atoms with Crippen LogP contribution in [0.15, 0.2) is 23.8 Å². The molecule has 3 saturated carbocycles. The van der Waals surface area contributed by atoms with Crippen molar-refractivity contribution < 1.29 is 29.0 Å². The van der Waals surface area contributed by atoms with Gasteiger partial charge in [0.25, 0.3) is 0 Å². The number of fused-ring (bicyclic) bond motifs is 5. The summed E-state index contributed by atoms with van der Waals surface area (Å²) in [7, 11) is 0. The van der Waals surface area contributed by atoms with Gasteiger partial charge in [-0.25, -0.2) is 0 Å². The van der Waals surface area contributed by atoms with Crippen LogP contribution in [0, 0.1) is 34.5 Å². The zero-order valence-electron chi connectivity index (χ0n) is 22.5. The van der Waals surface area contributed by atoms with Gasteiger partial charge in [0.15, 0.2) is 11.6 Å². The van der Waals surface area contributed by atoms with Crippen molar-refractivity contribution in [2.45, 2.75) is 97.7 Å². The minimum Gasteiger partial charge on any atom is -0.458 e. The van der Waals surface area contributed by atoms with Crippen molar-refractivity contribution >= 4 is 17.5 Å². The molecule has 4 rings (SSSR count).